The number of methoxy groups -OCH3 is 1. The van der Waals surface area contributed by atoms with Gasteiger partial charge in [-0.25, -0.2) is 0 Å². The van der Waals surface area contributed by atoms with E-state index in [1.165, 1.54) is 7.11 Å². The molecule has 0 spiro atoms. The lowest BCUT2D eigenvalue weighted by molar-refractivity contribution is -0.141. The number of benzene rings is 1. The van der Waals surface area contributed by atoms with E-state index in [2.05, 4.69) is 4.74 Å². The Bertz CT molecular complexity index is 398. The third kappa shape index (κ3) is 3.90. The molecule has 0 unspecified atom stereocenters. The molecule has 0 saturated heterocycles. The number of carbonyl (C=O) groups is 2. The number of anilines is 1. The summed E-state index contributed by atoms with van der Waals surface area (Å²) in [5.74, 6) is -0.463. The van der Waals surface area contributed by atoms with E-state index >= 15 is 0 Å². The predicted molar refractivity (Wildman–Crippen MR) is 65.8 cm³/mol. The topological polar surface area (TPSA) is 46.6 Å². The van der Waals surface area contributed by atoms with Crippen molar-refractivity contribution in [2.24, 2.45) is 0 Å². The second-order valence-electron chi connectivity index (χ2n) is 3.86. The average Bonchev–Trinajstić information content (AvgIpc) is 2.35. The first-order valence-corrected chi connectivity index (χ1v) is 5.44. The zero-order valence-corrected chi connectivity index (χ0v) is 10.4. The van der Waals surface area contributed by atoms with Gasteiger partial charge in [0.15, 0.2) is 0 Å². The first-order chi connectivity index (χ1) is 8.04. The number of carbonyl (C=O) groups excluding carboxylic acids is 2. The van der Waals surface area contributed by atoms with Crippen LogP contribution in [0.4, 0.5) is 5.69 Å². The molecule has 4 heteroatoms. The van der Waals surface area contributed by atoms with Crippen LogP contribution < -0.4 is 4.90 Å². The Morgan fingerprint density at radius 2 is 1.76 bits per heavy atom. The molecule has 1 aromatic rings. The molecule has 0 fully saturated rings. The number of hydrogen-bond acceptors (Lipinski definition) is 3. The van der Waals surface area contributed by atoms with E-state index in [0.717, 1.165) is 11.3 Å². The number of esters is 1. The van der Waals surface area contributed by atoms with Gasteiger partial charge in [0.2, 0.25) is 5.91 Å². The highest BCUT2D eigenvalue weighted by Gasteiger charge is 2.12. The van der Waals surface area contributed by atoms with Crippen molar-refractivity contribution in [3.8, 4) is 0 Å². The third-order valence-corrected chi connectivity index (χ3v) is 2.57. The molecular formula is C13H17NO3. The first kappa shape index (κ1) is 13.2. The maximum Gasteiger partial charge on any atom is 0.306 e. The summed E-state index contributed by atoms with van der Waals surface area (Å²) in [5, 5.41) is 0. The van der Waals surface area contributed by atoms with Gasteiger partial charge in [0.1, 0.15) is 0 Å². The van der Waals surface area contributed by atoms with Gasteiger partial charge in [0.25, 0.3) is 0 Å². The van der Waals surface area contributed by atoms with Crippen LogP contribution in [-0.2, 0) is 14.3 Å². The summed E-state index contributed by atoms with van der Waals surface area (Å²) in [4.78, 5) is 24.2. The summed E-state index contributed by atoms with van der Waals surface area (Å²) in [6.45, 7) is 1.99. The van der Waals surface area contributed by atoms with Crippen molar-refractivity contribution in [2.45, 2.75) is 19.8 Å². The minimum Gasteiger partial charge on any atom is -0.469 e. The van der Waals surface area contributed by atoms with Crippen molar-refractivity contribution in [1.82, 2.24) is 0 Å². The SMILES string of the molecule is COC(=O)CCC(=O)N(C)c1ccc(C)cc1. The van der Waals surface area contributed by atoms with Crippen molar-refractivity contribution >= 4 is 17.6 Å². The number of nitrogens with zero attached hydrogens (tertiary/aromatic N) is 1. The molecule has 0 radical (unpaired) electrons. The van der Waals surface area contributed by atoms with Crippen LogP contribution >= 0.6 is 0 Å². The molecule has 0 N–H and O–H groups in total. The molecule has 17 heavy (non-hydrogen) atoms. The van der Waals surface area contributed by atoms with Gasteiger partial charge in [-0.1, -0.05) is 17.7 Å². The van der Waals surface area contributed by atoms with Crippen molar-refractivity contribution < 1.29 is 14.3 Å². The van der Waals surface area contributed by atoms with E-state index < -0.39 is 0 Å². The van der Waals surface area contributed by atoms with Crippen molar-refractivity contribution in [3.05, 3.63) is 29.8 Å². The average molecular weight is 235 g/mol. The molecule has 0 bridgehead atoms. The minimum absolute atomic E-state index is 0.0979. The van der Waals surface area contributed by atoms with Crippen molar-refractivity contribution in [2.75, 3.05) is 19.1 Å². The van der Waals surface area contributed by atoms with Gasteiger partial charge in [-0.05, 0) is 19.1 Å². The molecule has 0 heterocycles. The Hall–Kier alpha value is -1.84. The van der Waals surface area contributed by atoms with Crippen LogP contribution in [0.5, 0.6) is 0 Å². The summed E-state index contributed by atoms with van der Waals surface area (Å²) in [6.07, 6.45) is 0.280. The number of amides is 1. The fourth-order valence-electron chi connectivity index (χ4n) is 1.39. The van der Waals surface area contributed by atoms with Crippen LogP contribution in [0.25, 0.3) is 0 Å². The Balaban J connectivity index is 2.57. The number of ether oxygens (including phenoxy) is 1. The second-order valence-corrected chi connectivity index (χ2v) is 3.86. The molecule has 0 saturated carbocycles. The predicted octanol–water partition coefficient (Wildman–Crippen LogP) is 1.91. The maximum absolute atomic E-state index is 11.8. The van der Waals surface area contributed by atoms with Gasteiger partial charge in [0, 0.05) is 19.2 Å². The van der Waals surface area contributed by atoms with E-state index in [0.29, 0.717) is 0 Å². The Kier molecular flexibility index (Phi) is 4.69. The smallest absolute Gasteiger partial charge is 0.306 e. The molecule has 0 aliphatic heterocycles. The molecule has 1 aromatic carbocycles. The van der Waals surface area contributed by atoms with Crippen molar-refractivity contribution in [1.29, 1.82) is 0 Å². The summed E-state index contributed by atoms with van der Waals surface area (Å²) < 4.78 is 4.49. The fourth-order valence-corrected chi connectivity index (χ4v) is 1.39. The number of hydrogen-bond donors (Lipinski definition) is 0. The molecule has 0 aliphatic carbocycles. The monoisotopic (exact) mass is 235 g/mol. The highest BCUT2D eigenvalue weighted by molar-refractivity contribution is 5.94. The van der Waals surface area contributed by atoms with Gasteiger partial charge in [-0.15, -0.1) is 0 Å². The zero-order chi connectivity index (χ0) is 12.8. The van der Waals surface area contributed by atoms with Crippen LogP contribution in [0.2, 0.25) is 0 Å². The van der Waals surface area contributed by atoms with E-state index in [1.807, 2.05) is 31.2 Å². The second kappa shape index (κ2) is 6.03. The lowest BCUT2D eigenvalue weighted by atomic mass is 10.2. The number of rotatable bonds is 4. The van der Waals surface area contributed by atoms with Crippen LogP contribution in [0.3, 0.4) is 0 Å². The highest BCUT2D eigenvalue weighted by atomic mass is 16.5. The van der Waals surface area contributed by atoms with E-state index in [9.17, 15) is 9.59 Å². The standard InChI is InChI=1S/C13H17NO3/c1-10-4-6-11(7-5-10)14(2)12(15)8-9-13(16)17-3/h4-7H,8-9H2,1-3H3. The lowest BCUT2D eigenvalue weighted by Crippen LogP contribution is -2.26. The summed E-state index contributed by atoms with van der Waals surface area (Å²) in [6, 6.07) is 7.65. The maximum atomic E-state index is 11.8. The van der Waals surface area contributed by atoms with Gasteiger partial charge < -0.3 is 9.64 Å². The van der Waals surface area contributed by atoms with Crippen LogP contribution in [0.1, 0.15) is 18.4 Å². The summed E-state index contributed by atoms with van der Waals surface area (Å²) in [5.41, 5.74) is 1.97. The summed E-state index contributed by atoms with van der Waals surface area (Å²) in [7, 11) is 3.01. The number of aryl methyl sites for hydroxylation is 1. The van der Waals surface area contributed by atoms with Gasteiger partial charge in [0.05, 0.1) is 13.5 Å². The molecule has 0 atom stereocenters. The lowest BCUT2D eigenvalue weighted by Gasteiger charge is -2.17. The normalized spacial score (nSPS) is 9.82. The van der Waals surface area contributed by atoms with Crippen molar-refractivity contribution in [3.63, 3.8) is 0 Å². The van der Waals surface area contributed by atoms with E-state index in [-0.39, 0.29) is 24.7 Å². The van der Waals surface area contributed by atoms with Gasteiger partial charge >= 0.3 is 5.97 Å². The quantitative estimate of drug-likeness (QED) is 0.749. The Morgan fingerprint density at radius 3 is 2.29 bits per heavy atom. The molecule has 1 rings (SSSR count). The molecule has 92 valence electrons. The van der Waals surface area contributed by atoms with Crippen LogP contribution in [0.15, 0.2) is 24.3 Å². The van der Waals surface area contributed by atoms with Gasteiger partial charge in [-0.3, -0.25) is 9.59 Å². The molecule has 0 aliphatic rings. The Morgan fingerprint density at radius 1 is 1.18 bits per heavy atom. The molecule has 0 aromatic heterocycles. The molecule has 1 amide bonds. The van der Waals surface area contributed by atoms with E-state index in [1.54, 1.807) is 11.9 Å². The Labute approximate surface area is 101 Å². The fraction of sp³-hybridized carbons (Fsp3) is 0.385. The third-order valence-electron chi connectivity index (χ3n) is 2.57. The van der Waals surface area contributed by atoms with Crippen LogP contribution in [0, 0.1) is 6.92 Å². The largest absolute Gasteiger partial charge is 0.469 e. The van der Waals surface area contributed by atoms with Gasteiger partial charge in [-0.2, -0.15) is 0 Å². The van der Waals surface area contributed by atoms with E-state index in [4.69, 9.17) is 0 Å². The van der Waals surface area contributed by atoms with Crippen LogP contribution in [-0.4, -0.2) is 26.0 Å². The highest BCUT2D eigenvalue weighted by Crippen LogP contribution is 2.14. The first-order valence-electron chi connectivity index (χ1n) is 5.44. The minimum atomic E-state index is -0.365. The molecule has 4 nitrogen and oxygen atoms in total. The molecular weight excluding hydrogens is 218 g/mol. The zero-order valence-electron chi connectivity index (χ0n) is 10.4. The summed E-state index contributed by atoms with van der Waals surface area (Å²) >= 11 is 0.